The summed E-state index contributed by atoms with van der Waals surface area (Å²) in [6.45, 7) is 3.89. The van der Waals surface area contributed by atoms with Gasteiger partial charge in [0.2, 0.25) is 0 Å². The molecule has 0 aliphatic carbocycles. The number of hydrogen-bond acceptors (Lipinski definition) is 2. The molecule has 1 atom stereocenters. The van der Waals surface area contributed by atoms with Gasteiger partial charge in [0.15, 0.2) is 0 Å². The predicted octanol–water partition coefficient (Wildman–Crippen LogP) is 4.18. The van der Waals surface area contributed by atoms with Gasteiger partial charge in [-0.05, 0) is 37.6 Å². The Bertz CT molecular complexity index is 655. The van der Waals surface area contributed by atoms with Crippen LogP contribution in [0.1, 0.15) is 34.5 Å². The quantitative estimate of drug-likeness (QED) is 0.889. The molecule has 0 fully saturated rings. The number of aryl methyl sites for hydroxylation is 1. The van der Waals surface area contributed by atoms with E-state index < -0.39 is 0 Å². The SMILES string of the molecule is CNc1ccc(C)cc1C(=O)NC(C)c1ccccc1Cl. The highest BCUT2D eigenvalue weighted by molar-refractivity contribution is 6.31. The minimum Gasteiger partial charge on any atom is -0.387 e. The molecule has 0 aromatic heterocycles. The van der Waals surface area contributed by atoms with Crippen molar-refractivity contribution in [2.75, 3.05) is 12.4 Å². The minimum absolute atomic E-state index is 0.115. The van der Waals surface area contributed by atoms with Crippen LogP contribution in [-0.4, -0.2) is 13.0 Å². The largest absolute Gasteiger partial charge is 0.387 e. The maximum absolute atomic E-state index is 12.5. The predicted molar refractivity (Wildman–Crippen MR) is 88.1 cm³/mol. The first-order chi connectivity index (χ1) is 10.0. The van der Waals surface area contributed by atoms with Crippen molar-refractivity contribution in [2.45, 2.75) is 19.9 Å². The number of carbonyl (C=O) groups is 1. The van der Waals surface area contributed by atoms with Gasteiger partial charge in [0.1, 0.15) is 0 Å². The van der Waals surface area contributed by atoms with Gasteiger partial charge in [-0.2, -0.15) is 0 Å². The first-order valence-corrected chi connectivity index (χ1v) is 7.24. The van der Waals surface area contributed by atoms with Crippen LogP contribution >= 0.6 is 11.6 Å². The van der Waals surface area contributed by atoms with Gasteiger partial charge in [-0.3, -0.25) is 4.79 Å². The summed E-state index contributed by atoms with van der Waals surface area (Å²) in [6, 6.07) is 13.1. The zero-order chi connectivity index (χ0) is 15.4. The average Bonchev–Trinajstić information content (AvgIpc) is 2.47. The van der Waals surface area contributed by atoms with Crippen LogP contribution < -0.4 is 10.6 Å². The van der Waals surface area contributed by atoms with E-state index in [0.717, 1.165) is 16.8 Å². The van der Waals surface area contributed by atoms with Crippen molar-refractivity contribution >= 4 is 23.2 Å². The molecule has 4 heteroatoms. The van der Waals surface area contributed by atoms with Crippen molar-refractivity contribution in [3.05, 3.63) is 64.2 Å². The number of nitrogens with one attached hydrogen (secondary N) is 2. The Morgan fingerprint density at radius 2 is 1.90 bits per heavy atom. The molecule has 0 bridgehead atoms. The fourth-order valence-corrected chi connectivity index (χ4v) is 2.54. The summed E-state index contributed by atoms with van der Waals surface area (Å²) < 4.78 is 0. The van der Waals surface area contributed by atoms with Crippen LogP contribution in [0.25, 0.3) is 0 Å². The zero-order valence-corrected chi connectivity index (χ0v) is 13.2. The van der Waals surface area contributed by atoms with E-state index in [2.05, 4.69) is 10.6 Å². The van der Waals surface area contributed by atoms with Gasteiger partial charge in [0, 0.05) is 17.8 Å². The molecule has 2 aromatic carbocycles. The van der Waals surface area contributed by atoms with Gasteiger partial charge < -0.3 is 10.6 Å². The van der Waals surface area contributed by atoms with Crippen LogP contribution in [0.2, 0.25) is 5.02 Å². The normalized spacial score (nSPS) is 11.8. The Hall–Kier alpha value is -2.00. The summed E-state index contributed by atoms with van der Waals surface area (Å²) in [6.07, 6.45) is 0. The second-order valence-electron chi connectivity index (χ2n) is 5.02. The molecule has 2 rings (SSSR count). The molecule has 1 amide bonds. The van der Waals surface area contributed by atoms with E-state index >= 15 is 0 Å². The Labute approximate surface area is 130 Å². The summed E-state index contributed by atoms with van der Waals surface area (Å²) in [5, 5.41) is 6.69. The molecule has 0 saturated carbocycles. The lowest BCUT2D eigenvalue weighted by Gasteiger charge is -2.17. The van der Waals surface area contributed by atoms with Gasteiger partial charge in [-0.1, -0.05) is 41.4 Å². The second kappa shape index (κ2) is 6.64. The third-order valence-electron chi connectivity index (χ3n) is 3.41. The average molecular weight is 303 g/mol. The number of anilines is 1. The summed E-state index contributed by atoms with van der Waals surface area (Å²) in [5.74, 6) is -0.115. The summed E-state index contributed by atoms with van der Waals surface area (Å²) in [5.41, 5.74) is 3.40. The van der Waals surface area contributed by atoms with Crippen LogP contribution in [0, 0.1) is 6.92 Å². The van der Waals surface area contributed by atoms with E-state index in [4.69, 9.17) is 11.6 Å². The molecule has 0 saturated heterocycles. The fourth-order valence-electron chi connectivity index (χ4n) is 2.24. The molecule has 0 aliphatic rings. The lowest BCUT2D eigenvalue weighted by atomic mass is 10.1. The molecular weight excluding hydrogens is 284 g/mol. The lowest BCUT2D eigenvalue weighted by molar-refractivity contribution is 0.0940. The van der Waals surface area contributed by atoms with Crippen molar-refractivity contribution < 1.29 is 4.79 Å². The molecule has 21 heavy (non-hydrogen) atoms. The van der Waals surface area contributed by atoms with Crippen molar-refractivity contribution in [3.63, 3.8) is 0 Å². The molecule has 110 valence electrons. The number of halogens is 1. The van der Waals surface area contributed by atoms with E-state index in [1.54, 1.807) is 7.05 Å². The Morgan fingerprint density at radius 1 is 1.19 bits per heavy atom. The van der Waals surface area contributed by atoms with Crippen molar-refractivity contribution in [1.29, 1.82) is 0 Å². The van der Waals surface area contributed by atoms with Gasteiger partial charge in [-0.25, -0.2) is 0 Å². The third-order valence-corrected chi connectivity index (χ3v) is 3.75. The van der Waals surface area contributed by atoms with Crippen molar-refractivity contribution in [1.82, 2.24) is 5.32 Å². The first kappa shape index (κ1) is 15.4. The highest BCUT2D eigenvalue weighted by atomic mass is 35.5. The molecule has 0 aliphatic heterocycles. The molecule has 0 radical (unpaired) electrons. The number of amides is 1. The fraction of sp³-hybridized carbons (Fsp3) is 0.235. The molecular formula is C17H19ClN2O. The molecule has 2 N–H and O–H groups in total. The van der Waals surface area contributed by atoms with Crippen LogP contribution in [0.5, 0.6) is 0 Å². The monoisotopic (exact) mass is 302 g/mol. The second-order valence-corrected chi connectivity index (χ2v) is 5.42. The van der Waals surface area contributed by atoms with Crippen LogP contribution in [0.3, 0.4) is 0 Å². The smallest absolute Gasteiger partial charge is 0.253 e. The standard InChI is InChI=1S/C17H19ClN2O/c1-11-8-9-16(19-3)14(10-11)17(21)20-12(2)13-6-4-5-7-15(13)18/h4-10,12,19H,1-3H3,(H,20,21). The van der Waals surface area contributed by atoms with E-state index in [1.807, 2.05) is 56.3 Å². The molecule has 2 aromatic rings. The van der Waals surface area contributed by atoms with Crippen molar-refractivity contribution in [3.8, 4) is 0 Å². The lowest BCUT2D eigenvalue weighted by Crippen LogP contribution is -2.27. The van der Waals surface area contributed by atoms with E-state index in [0.29, 0.717) is 10.6 Å². The van der Waals surface area contributed by atoms with Gasteiger partial charge in [0.05, 0.1) is 11.6 Å². The topological polar surface area (TPSA) is 41.1 Å². The van der Waals surface area contributed by atoms with Crippen LogP contribution in [0.4, 0.5) is 5.69 Å². The van der Waals surface area contributed by atoms with Gasteiger partial charge in [-0.15, -0.1) is 0 Å². The number of hydrogen-bond donors (Lipinski definition) is 2. The Morgan fingerprint density at radius 3 is 2.57 bits per heavy atom. The van der Waals surface area contributed by atoms with Crippen LogP contribution in [0.15, 0.2) is 42.5 Å². The highest BCUT2D eigenvalue weighted by Gasteiger charge is 2.16. The highest BCUT2D eigenvalue weighted by Crippen LogP contribution is 2.23. The maximum atomic E-state index is 12.5. The Kier molecular flexibility index (Phi) is 4.86. The minimum atomic E-state index is -0.156. The number of benzene rings is 2. The number of rotatable bonds is 4. The molecule has 0 spiro atoms. The first-order valence-electron chi connectivity index (χ1n) is 6.86. The number of carbonyl (C=O) groups excluding carboxylic acids is 1. The van der Waals surface area contributed by atoms with Crippen molar-refractivity contribution in [2.24, 2.45) is 0 Å². The van der Waals surface area contributed by atoms with Gasteiger partial charge >= 0.3 is 0 Å². The zero-order valence-electron chi connectivity index (χ0n) is 12.4. The Balaban J connectivity index is 2.22. The molecule has 1 unspecified atom stereocenters. The van der Waals surface area contributed by atoms with E-state index in [-0.39, 0.29) is 11.9 Å². The maximum Gasteiger partial charge on any atom is 0.253 e. The third kappa shape index (κ3) is 3.56. The molecule has 0 heterocycles. The van der Waals surface area contributed by atoms with Gasteiger partial charge in [0.25, 0.3) is 5.91 Å². The van der Waals surface area contributed by atoms with Crippen LogP contribution in [-0.2, 0) is 0 Å². The summed E-state index contributed by atoms with van der Waals surface area (Å²) >= 11 is 6.17. The molecule has 3 nitrogen and oxygen atoms in total. The summed E-state index contributed by atoms with van der Waals surface area (Å²) in [7, 11) is 1.80. The van der Waals surface area contributed by atoms with E-state index in [1.165, 1.54) is 0 Å². The van der Waals surface area contributed by atoms with E-state index in [9.17, 15) is 4.79 Å². The summed E-state index contributed by atoms with van der Waals surface area (Å²) in [4.78, 5) is 12.5.